The first-order valence-corrected chi connectivity index (χ1v) is 7.77. The molecule has 2 saturated heterocycles. The Balaban J connectivity index is 1.51. The molecule has 0 saturated carbocycles. The molecule has 5 nitrogen and oxygen atoms in total. The third-order valence-electron chi connectivity index (χ3n) is 3.94. The van der Waals surface area contributed by atoms with Crippen molar-refractivity contribution in [3.05, 3.63) is 28.5 Å². The Morgan fingerprint density at radius 2 is 2.50 bits per heavy atom. The molecule has 1 amide bonds. The fraction of sp³-hybridized carbons (Fsp3) is 0.571. The third kappa shape index (κ3) is 3.19. The standard InChI is InChI=1S/C14H18BrN3O2/c15-13-6-10(3-4-16-13)14(19)17-7-12-8-18-5-1-2-11(18)9-20-12/h3-4,6,11-12H,1-2,5,7-9H2,(H,17,19). The van der Waals surface area contributed by atoms with Gasteiger partial charge in [0.25, 0.3) is 5.91 Å². The summed E-state index contributed by atoms with van der Waals surface area (Å²) in [7, 11) is 0. The number of aromatic nitrogens is 1. The van der Waals surface area contributed by atoms with E-state index in [1.807, 2.05) is 0 Å². The van der Waals surface area contributed by atoms with E-state index in [2.05, 4.69) is 31.1 Å². The van der Waals surface area contributed by atoms with Crippen LogP contribution in [0.1, 0.15) is 23.2 Å². The molecule has 2 unspecified atom stereocenters. The summed E-state index contributed by atoms with van der Waals surface area (Å²) in [6.45, 7) is 3.43. The molecule has 1 aromatic rings. The monoisotopic (exact) mass is 339 g/mol. The van der Waals surface area contributed by atoms with Crippen molar-refractivity contribution >= 4 is 21.8 Å². The number of carbonyl (C=O) groups excluding carboxylic acids is 1. The molecule has 2 aliphatic rings. The second-order valence-corrected chi connectivity index (χ2v) is 6.14. The number of nitrogens with one attached hydrogen (secondary N) is 1. The predicted molar refractivity (Wildman–Crippen MR) is 78.6 cm³/mol. The number of ether oxygens (including phenoxy) is 1. The fourth-order valence-corrected chi connectivity index (χ4v) is 3.23. The van der Waals surface area contributed by atoms with Crippen molar-refractivity contribution in [3.63, 3.8) is 0 Å². The summed E-state index contributed by atoms with van der Waals surface area (Å²) in [6, 6.07) is 4.02. The number of halogens is 1. The first-order chi connectivity index (χ1) is 9.72. The van der Waals surface area contributed by atoms with E-state index < -0.39 is 0 Å². The highest BCUT2D eigenvalue weighted by Crippen LogP contribution is 2.22. The number of rotatable bonds is 3. The lowest BCUT2D eigenvalue weighted by Crippen LogP contribution is -2.50. The zero-order valence-electron chi connectivity index (χ0n) is 11.2. The van der Waals surface area contributed by atoms with Crippen LogP contribution in [0.3, 0.4) is 0 Å². The molecule has 1 aromatic heterocycles. The number of morpholine rings is 1. The van der Waals surface area contributed by atoms with Gasteiger partial charge in [0.1, 0.15) is 4.60 Å². The molecule has 108 valence electrons. The molecule has 20 heavy (non-hydrogen) atoms. The van der Waals surface area contributed by atoms with Gasteiger partial charge in [-0.25, -0.2) is 4.98 Å². The zero-order valence-corrected chi connectivity index (χ0v) is 12.8. The smallest absolute Gasteiger partial charge is 0.251 e. The van der Waals surface area contributed by atoms with E-state index in [-0.39, 0.29) is 12.0 Å². The fourth-order valence-electron chi connectivity index (χ4n) is 2.86. The van der Waals surface area contributed by atoms with Crippen LogP contribution in [0.15, 0.2) is 22.9 Å². The van der Waals surface area contributed by atoms with E-state index in [4.69, 9.17) is 4.74 Å². The van der Waals surface area contributed by atoms with Crippen LogP contribution >= 0.6 is 15.9 Å². The zero-order chi connectivity index (χ0) is 13.9. The van der Waals surface area contributed by atoms with Gasteiger partial charge < -0.3 is 10.1 Å². The van der Waals surface area contributed by atoms with Gasteiger partial charge in [-0.15, -0.1) is 0 Å². The molecular weight excluding hydrogens is 322 g/mol. The van der Waals surface area contributed by atoms with Gasteiger partial charge in [-0.2, -0.15) is 0 Å². The van der Waals surface area contributed by atoms with Gasteiger partial charge >= 0.3 is 0 Å². The summed E-state index contributed by atoms with van der Waals surface area (Å²) in [5.41, 5.74) is 0.613. The summed E-state index contributed by atoms with van der Waals surface area (Å²) in [6.07, 6.45) is 4.21. The summed E-state index contributed by atoms with van der Waals surface area (Å²) in [5, 5.41) is 2.94. The van der Waals surface area contributed by atoms with E-state index in [0.717, 1.165) is 19.7 Å². The van der Waals surface area contributed by atoms with Crippen LogP contribution in [-0.4, -0.2) is 54.2 Å². The number of fused-ring (bicyclic) bond motifs is 1. The Morgan fingerprint density at radius 1 is 1.60 bits per heavy atom. The average Bonchev–Trinajstić information content (AvgIpc) is 2.92. The maximum absolute atomic E-state index is 12.0. The maximum atomic E-state index is 12.0. The van der Waals surface area contributed by atoms with Gasteiger partial charge in [-0.05, 0) is 47.4 Å². The average molecular weight is 340 g/mol. The summed E-state index contributed by atoms with van der Waals surface area (Å²) < 4.78 is 6.49. The molecular formula is C14H18BrN3O2. The third-order valence-corrected chi connectivity index (χ3v) is 4.37. The Labute approximate surface area is 126 Å². The highest BCUT2D eigenvalue weighted by molar-refractivity contribution is 9.10. The lowest BCUT2D eigenvalue weighted by Gasteiger charge is -2.35. The van der Waals surface area contributed by atoms with Gasteiger partial charge in [0.2, 0.25) is 0 Å². The van der Waals surface area contributed by atoms with Crippen LogP contribution < -0.4 is 5.32 Å². The lowest BCUT2D eigenvalue weighted by molar-refractivity contribution is -0.0461. The van der Waals surface area contributed by atoms with E-state index in [0.29, 0.717) is 22.8 Å². The molecule has 3 rings (SSSR count). The first kappa shape index (κ1) is 14.0. The predicted octanol–water partition coefficient (Wildman–Crippen LogP) is 1.44. The lowest BCUT2D eigenvalue weighted by atomic mass is 10.2. The molecule has 0 bridgehead atoms. The Bertz CT molecular complexity index is 497. The van der Waals surface area contributed by atoms with E-state index in [1.165, 1.54) is 12.8 Å². The molecule has 0 aliphatic carbocycles. The van der Waals surface area contributed by atoms with Crippen LogP contribution in [0.25, 0.3) is 0 Å². The topological polar surface area (TPSA) is 54.5 Å². The largest absolute Gasteiger partial charge is 0.373 e. The van der Waals surface area contributed by atoms with Crippen molar-refractivity contribution in [2.24, 2.45) is 0 Å². The van der Waals surface area contributed by atoms with E-state index in [1.54, 1.807) is 18.3 Å². The highest BCUT2D eigenvalue weighted by Gasteiger charge is 2.32. The van der Waals surface area contributed by atoms with Crippen molar-refractivity contribution < 1.29 is 9.53 Å². The van der Waals surface area contributed by atoms with Crippen molar-refractivity contribution in [1.82, 2.24) is 15.2 Å². The molecule has 0 spiro atoms. The van der Waals surface area contributed by atoms with Crippen LogP contribution in [0.5, 0.6) is 0 Å². The second kappa shape index (κ2) is 6.20. The Hall–Kier alpha value is -0.980. The van der Waals surface area contributed by atoms with Crippen LogP contribution in [0, 0.1) is 0 Å². The molecule has 2 atom stereocenters. The summed E-state index contributed by atoms with van der Waals surface area (Å²) >= 11 is 3.27. The second-order valence-electron chi connectivity index (χ2n) is 5.32. The number of amides is 1. The van der Waals surface area contributed by atoms with Crippen molar-refractivity contribution in [2.75, 3.05) is 26.2 Å². The molecule has 0 radical (unpaired) electrons. The van der Waals surface area contributed by atoms with Crippen LogP contribution in [0.2, 0.25) is 0 Å². The number of hydrogen-bond acceptors (Lipinski definition) is 4. The van der Waals surface area contributed by atoms with Crippen molar-refractivity contribution in [1.29, 1.82) is 0 Å². The van der Waals surface area contributed by atoms with E-state index >= 15 is 0 Å². The maximum Gasteiger partial charge on any atom is 0.251 e. The Morgan fingerprint density at radius 3 is 3.35 bits per heavy atom. The minimum Gasteiger partial charge on any atom is -0.373 e. The summed E-state index contributed by atoms with van der Waals surface area (Å²) in [5.74, 6) is -0.0831. The molecule has 0 aromatic carbocycles. The Kier molecular flexibility index (Phi) is 4.33. The number of pyridine rings is 1. The highest BCUT2D eigenvalue weighted by atomic mass is 79.9. The van der Waals surface area contributed by atoms with Gasteiger partial charge in [-0.3, -0.25) is 9.69 Å². The van der Waals surface area contributed by atoms with Crippen LogP contribution in [-0.2, 0) is 4.74 Å². The molecule has 2 fully saturated rings. The van der Waals surface area contributed by atoms with Crippen LogP contribution in [0.4, 0.5) is 0 Å². The minimum atomic E-state index is -0.0831. The quantitative estimate of drug-likeness (QED) is 0.846. The van der Waals surface area contributed by atoms with Gasteiger partial charge in [0.15, 0.2) is 0 Å². The molecule has 1 N–H and O–H groups in total. The number of nitrogens with zero attached hydrogens (tertiary/aromatic N) is 2. The minimum absolute atomic E-state index is 0.0831. The van der Waals surface area contributed by atoms with Crippen molar-refractivity contribution in [3.8, 4) is 0 Å². The first-order valence-electron chi connectivity index (χ1n) is 6.98. The van der Waals surface area contributed by atoms with Gasteiger partial charge in [0.05, 0.1) is 12.7 Å². The number of carbonyl (C=O) groups is 1. The van der Waals surface area contributed by atoms with Crippen molar-refractivity contribution in [2.45, 2.75) is 25.0 Å². The SMILES string of the molecule is O=C(NCC1CN2CCCC2CO1)c1ccnc(Br)c1. The van der Waals surface area contributed by atoms with E-state index in [9.17, 15) is 4.79 Å². The normalized spacial score (nSPS) is 26.2. The number of hydrogen-bond donors (Lipinski definition) is 1. The molecule has 6 heteroatoms. The molecule has 3 heterocycles. The summed E-state index contributed by atoms with van der Waals surface area (Å²) in [4.78, 5) is 18.5. The van der Waals surface area contributed by atoms with Gasteiger partial charge in [-0.1, -0.05) is 0 Å². The molecule has 2 aliphatic heterocycles. The van der Waals surface area contributed by atoms with Gasteiger partial charge in [0, 0.05) is 30.9 Å².